The van der Waals surface area contributed by atoms with E-state index in [0.29, 0.717) is 37.6 Å². The van der Waals surface area contributed by atoms with E-state index in [4.69, 9.17) is 9.47 Å². The van der Waals surface area contributed by atoms with E-state index in [1.807, 2.05) is 12.2 Å². The van der Waals surface area contributed by atoms with Gasteiger partial charge in [-0.3, -0.25) is 19.3 Å². The van der Waals surface area contributed by atoms with E-state index < -0.39 is 16.1 Å². The van der Waals surface area contributed by atoms with Crippen LogP contribution in [-0.4, -0.2) is 85.7 Å². The summed E-state index contributed by atoms with van der Waals surface area (Å²) in [4.78, 5) is 41.5. The highest BCUT2D eigenvalue weighted by molar-refractivity contribution is 7.89. The summed E-state index contributed by atoms with van der Waals surface area (Å²) in [5.74, 6) is -0.798. The predicted molar refractivity (Wildman–Crippen MR) is 119 cm³/mol. The predicted octanol–water partition coefficient (Wildman–Crippen LogP) is 0.630. The molecule has 3 atom stereocenters. The summed E-state index contributed by atoms with van der Waals surface area (Å²) in [6.07, 6.45) is 4.85. The molecule has 1 aromatic carbocycles. The van der Waals surface area contributed by atoms with Gasteiger partial charge in [-0.1, -0.05) is 12.2 Å². The summed E-state index contributed by atoms with van der Waals surface area (Å²) >= 11 is 0. The third-order valence-corrected chi connectivity index (χ3v) is 8.88. The largest absolute Gasteiger partial charge is 0.486 e. The van der Waals surface area contributed by atoms with Crippen LogP contribution in [0.1, 0.15) is 19.8 Å². The topological polar surface area (TPSA) is 114 Å². The quantitative estimate of drug-likeness (QED) is 0.450. The zero-order valence-corrected chi connectivity index (χ0v) is 19.7. The van der Waals surface area contributed by atoms with Crippen molar-refractivity contribution in [3.05, 3.63) is 30.4 Å². The minimum absolute atomic E-state index is 0.106. The number of benzene rings is 1. The Morgan fingerprint density at radius 1 is 0.941 bits per heavy atom. The Hall–Kier alpha value is -2.92. The molecule has 11 heteroatoms. The van der Waals surface area contributed by atoms with Crippen LogP contribution in [0, 0.1) is 11.8 Å². The van der Waals surface area contributed by atoms with Gasteiger partial charge >= 0.3 is 0 Å². The first-order valence-electron chi connectivity index (χ1n) is 11.5. The molecule has 4 aliphatic rings. The minimum Gasteiger partial charge on any atom is -0.486 e. The summed E-state index contributed by atoms with van der Waals surface area (Å²) in [5, 5.41) is 0. The van der Waals surface area contributed by atoms with Crippen LogP contribution in [0.4, 0.5) is 0 Å². The second kappa shape index (κ2) is 8.70. The van der Waals surface area contributed by atoms with Gasteiger partial charge in [-0.2, -0.15) is 4.31 Å². The molecule has 34 heavy (non-hydrogen) atoms. The number of fused-ring (bicyclic) bond motifs is 2. The number of carbonyl (C=O) groups is 3. The molecule has 3 heterocycles. The number of allylic oxidation sites excluding steroid dienone is 2. The highest BCUT2D eigenvalue weighted by Crippen LogP contribution is 2.36. The highest BCUT2D eigenvalue weighted by atomic mass is 32.2. The number of rotatable bonds is 4. The molecular formula is C23H27N3O7S. The number of hydrogen-bond acceptors (Lipinski definition) is 7. The summed E-state index contributed by atoms with van der Waals surface area (Å²) in [6.45, 7) is 2.94. The van der Waals surface area contributed by atoms with Crippen LogP contribution in [0.2, 0.25) is 0 Å². The van der Waals surface area contributed by atoms with Gasteiger partial charge in [-0.15, -0.1) is 0 Å². The van der Waals surface area contributed by atoms with Crippen molar-refractivity contribution in [1.29, 1.82) is 0 Å². The van der Waals surface area contributed by atoms with Crippen molar-refractivity contribution in [3.8, 4) is 11.5 Å². The Morgan fingerprint density at radius 2 is 1.53 bits per heavy atom. The monoisotopic (exact) mass is 489 g/mol. The van der Waals surface area contributed by atoms with Crippen LogP contribution < -0.4 is 9.47 Å². The number of hydrogen-bond donors (Lipinski definition) is 0. The molecule has 182 valence electrons. The Balaban J connectivity index is 1.24. The first-order chi connectivity index (χ1) is 16.3. The molecule has 3 amide bonds. The molecule has 3 aliphatic heterocycles. The fourth-order valence-electron chi connectivity index (χ4n) is 5.06. The molecule has 10 nitrogen and oxygen atoms in total. The molecule has 1 aliphatic carbocycles. The van der Waals surface area contributed by atoms with Crippen molar-refractivity contribution in [2.24, 2.45) is 11.8 Å². The lowest BCUT2D eigenvalue weighted by atomic mass is 9.85. The van der Waals surface area contributed by atoms with E-state index in [2.05, 4.69) is 0 Å². The summed E-state index contributed by atoms with van der Waals surface area (Å²) in [7, 11) is -3.78. The van der Waals surface area contributed by atoms with Gasteiger partial charge in [0.25, 0.3) is 0 Å². The van der Waals surface area contributed by atoms with E-state index >= 15 is 0 Å². The van der Waals surface area contributed by atoms with E-state index in [1.54, 1.807) is 13.0 Å². The van der Waals surface area contributed by atoms with Gasteiger partial charge in [0, 0.05) is 32.2 Å². The molecule has 0 bridgehead atoms. The number of amides is 3. The van der Waals surface area contributed by atoms with Crippen molar-refractivity contribution >= 4 is 27.7 Å². The smallest absolute Gasteiger partial charge is 0.245 e. The number of piperazine rings is 1. The average Bonchev–Trinajstić information content (AvgIpc) is 3.12. The molecule has 2 fully saturated rings. The lowest BCUT2D eigenvalue weighted by Crippen LogP contribution is -2.56. The molecule has 0 N–H and O–H groups in total. The fraction of sp³-hybridized carbons (Fsp3) is 0.522. The maximum atomic E-state index is 13.1. The van der Waals surface area contributed by atoms with Gasteiger partial charge in [0.2, 0.25) is 27.7 Å². The molecule has 0 radical (unpaired) electrons. The first kappa shape index (κ1) is 22.9. The SMILES string of the molecule is C[C@@H](C(=O)N1CCN(S(=O)(=O)c2ccc3c(c2)OCCO3)CC1)N1C(=O)C2CC=CCC2C1=O. The molecule has 2 saturated heterocycles. The lowest BCUT2D eigenvalue weighted by Gasteiger charge is -2.36. The van der Waals surface area contributed by atoms with Crippen molar-refractivity contribution in [2.45, 2.75) is 30.7 Å². The number of carbonyl (C=O) groups excluding carboxylic acids is 3. The highest BCUT2D eigenvalue weighted by Gasteiger charge is 2.50. The fourth-order valence-corrected chi connectivity index (χ4v) is 6.50. The summed E-state index contributed by atoms with van der Waals surface area (Å²) in [5.41, 5.74) is 0. The summed E-state index contributed by atoms with van der Waals surface area (Å²) in [6, 6.07) is 3.62. The van der Waals surface area contributed by atoms with Crippen LogP contribution in [0.15, 0.2) is 35.2 Å². The number of imide groups is 1. The maximum Gasteiger partial charge on any atom is 0.245 e. The van der Waals surface area contributed by atoms with Gasteiger partial charge < -0.3 is 14.4 Å². The third kappa shape index (κ3) is 3.76. The number of likely N-dealkylation sites (tertiary alicyclic amines) is 1. The zero-order chi connectivity index (χ0) is 24.0. The Labute approximate surface area is 198 Å². The molecule has 0 saturated carbocycles. The standard InChI is InChI=1S/C23H27N3O7S/c1-15(26-22(28)17-4-2-3-5-18(17)23(26)29)21(27)24-8-10-25(11-9-24)34(30,31)16-6-7-19-20(14-16)33-13-12-32-19/h2-3,6-7,14-15,17-18H,4-5,8-13H2,1H3/t15-,17?,18?/m0/s1. The van der Waals surface area contributed by atoms with E-state index in [0.717, 1.165) is 4.90 Å². The second-order valence-electron chi connectivity index (χ2n) is 8.91. The number of sulfonamides is 1. The van der Waals surface area contributed by atoms with Gasteiger partial charge in [0.05, 0.1) is 16.7 Å². The van der Waals surface area contributed by atoms with Crippen LogP contribution >= 0.6 is 0 Å². The number of nitrogens with zero attached hydrogens (tertiary/aromatic N) is 3. The Kier molecular flexibility index (Phi) is 5.85. The molecule has 2 unspecified atom stereocenters. The molecule has 1 aromatic rings. The third-order valence-electron chi connectivity index (χ3n) is 6.99. The normalized spacial score (nSPS) is 25.9. The van der Waals surface area contributed by atoms with Crippen LogP contribution in [0.5, 0.6) is 11.5 Å². The lowest BCUT2D eigenvalue weighted by molar-refractivity contribution is -0.151. The second-order valence-corrected chi connectivity index (χ2v) is 10.9. The van der Waals surface area contributed by atoms with Crippen LogP contribution in [0.3, 0.4) is 0 Å². The van der Waals surface area contributed by atoms with Crippen LogP contribution in [0.25, 0.3) is 0 Å². The van der Waals surface area contributed by atoms with Gasteiger partial charge in [0.15, 0.2) is 11.5 Å². The summed E-state index contributed by atoms with van der Waals surface area (Å²) < 4.78 is 38.6. The van der Waals surface area contributed by atoms with Crippen molar-refractivity contribution < 1.29 is 32.3 Å². The van der Waals surface area contributed by atoms with E-state index in [1.165, 1.54) is 21.3 Å². The number of ether oxygens (including phenoxy) is 2. The Bertz CT molecular complexity index is 1130. The van der Waals surface area contributed by atoms with Crippen molar-refractivity contribution in [3.63, 3.8) is 0 Å². The van der Waals surface area contributed by atoms with Gasteiger partial charge in [-0.25, -0.2) is 8.42 Å². The van der Waals surface area contributed by atoms with Crippen molar-refractivity contribution in [2.75, 3.05) is 39.4 Å². The van der Waals surface area contributed by atoms with Gasteiger partial charge in [0.1, 0.15) is 19.3 Å². The average molecular weight is 490 g/mol. The molecule has 5 rings (SSSR count). The van der Waals surface area contributed by atoms with E-state index in [-0.39, 0.29) is 60.6 Å². The minimum atomic E-state index is -3.78. The molecule has 0 spiro atoms. The van der Waals surface area contributed by atoms with E-state index in [9.17, 15) is 22.8 Å². The Morgan fingerprint density at radius 3 is 2.15 bits per heavy atom. The zero-order valence-electron chi connectivity index (χ0n) is 18.9. The molecular weight excluding hydrogens is 462 g/mol. The van der Waals surface area contributed by atoms with Crippen molar-refractivity contribution in [1.82, 2.24) is 14.1 Å². The maximum absolute atomic E-state index is 13.1. The first-order valence-corrected chi connectivity index (χ1v) is 12.9. The van der Waals surface area contributed by atoms with Crippen LogP contribution in [-0.2, 0) is 24.4 Å². The molecule has 0 aromatic heterocycles. The van der Waals surface area contributed by atoms with Gasteiger partial charge in [-0.05, 0) is 31.9 Å².